The second-order valence-corrected chi connectivity index (χ2v) is 4.66. The second kappa shape index (κ2) is 6.90. The predicted octanol–water partition coefficient (Wildman–Crippen LogP) is 2.98. The van der Waals surface area contributed by atoms with E-state index in [9.17, 15) is 4.79 Å². The summed E-state index contributed by atoms with van der Waals surface area (Å²) in [5, 5.41) is 3.56. The number of pyridine rings is 1. The van der Waals surface area contributed by atoms with Gasteiger partial charge in [-0.25, -0.2) is 0 Å². The van der Waals surface area contributed by atoms with Crippen molar-refractivity contribution in [3.05, 3.63) is 64.9 Å². The van der Waals surface area contributed by atoms with Gasteiger partial charge in [0, 0.05) is 17.6 Å². The van der Waals surface area contributed by atoms with Gasteiger partial charge in [0.15, 0.2) is 0 Å². The van der Waals surface area contributed by atoms with E-state index in [1.54, 1.807) is 6.20 Å². The van der Waals surface area contributed by atoms with Gasteiger partial charge >= 0.3 is 0 Å². The third kappa shape index (κ3) is 4.72. The molecular formula is C15H15ClN2O. The number of aryl methyl sites for hydroxylation is 1. The molecule has 0 radical (unpaired) electrons. The first kappa shape index (κ1) is 13.6. The molecule has 98 valence electrons. The van der Waals surface area contributed by atoms with Crippen molar-refractivity contribution < 1.29 is 4.79 Å². The minimum Gasteiger partial charge on any atom is -0.350 e. The highest BCUT2D eigenvalue weighted by Crippen LogP contribution is 2.10. The van der Waals surface area contributed by atoms with Crippen LogP contribution in [0.5, 0.6) is 0 Å². The molecule has 0 atom stereocenters. The molecule has 0 bridgehead atoms. The van der Waals surface area contributed by atoms with Crippen molar-refractivity contribution in [2.75, 3.05) is 0 Å². The lowest BCUT2D eigenvalue weighted by molar-refractivity contribution is -0.121. The fourth-order valence-corrected chi connectivity index (χ4v) is 1.82. The monoisotopic (exact) mass is 274 g/mol. The lowest BCUT2D eigenvalue weighted by atomic mass is 10.1. The van der Waals surface area contributed by atoms with Gasteiger partial charge in [-0.05, 0) is 36.2 Å². The summed E-state index contributed by atoms with van der Waals surface area (Å²) in [5.74, 6) is 0.0283. The Morgan fingerprint density at radius 2 is 1.95 bits per heavy atom. The standard InChI is InChI=1S/C15H15ClN2O/c16-13-7-4-12(5-8-13)6-9-15(19)18-11-14-3-1-2-10-17-14/h1-5,7-8,10H,6,9,11H2,(H,18,19). The molecule has 0 aliphatic carbocycles. The zero-order chi connectivity index (χ0) is 13.5. The third-order valence-corrected chi connectivity index (χ3v) is 3.00. The first-order valence-corrected chi connectivity index (χ1v) is 6.53. The summed E-state index contributed by atoms with van der Waals surface area (Å²) < 4.78 is 0. The minimum absolute atomic E-state index is 0.0283. The van der Waals surface area contributed by atoms with Gasteiger partial charge in [-0.15, -0.1) is 0 Å². The topological polar surface area (TPSA) is 42.0 Å². The summed E-state index contributed by atoms with van der Waals surface area (Å²) in [4.78, 5) is 15.8. The molecule has 2 rings (SSSR count). The Balaban J connectivity index is 1.74. The minimum atomic E-state index is 0.0283. The van der Waals surface area contributed by atoms with Crippen LogP contribution in [0.2, 0.25) is 5.02 Å². The number of nitrogens with one attached hydrogen (secondary N) is 1. The molecule has 0 aliphatic rings. The molecule has 1 amide bonds. The summed E-state index contributed by atoms with van der Waals surface area (Å²) in [6, 6.07) is 13.2. The zero-order valence-corrected chi connectivity index (χ0v) is 11.2. The van der Waals surface area contributed by atoms with Crippen LogP contribution in [0.25, 0.3) is 0 Å². The molecule has 3 nitrogen and oxygen atoms in total. The number of hydrogen-bond acceptors (Lipinski definition) is 2. The zero-order valence-electron chi connectivity index (χ0n) is 10.5. The van der Waals surface area contributed by atoms with Gasteiger partial charge in [0.25, 0.3) is 0 Å². The average molecular weight is 275 g/mol. The van der Waals surface area contributed by atoms with Gasteiger partial charge in [0.2, 0.25) is 5.91 Å². The van der Waals surface area contributed by atoms with Crippen LogP contribution in [-0.4, -0.2) is 10.9 Å². The fraction of sp³-hybridized carbons (Fsp3) is 0.200. The molecule has 0 saturated carbocycles. The number of halogens is 1. The molecule has 1 N–H and O–H groups in total. The normalized spacial score (nSPS) is 10.2. The highest BCUT2D eigenvalue weighted by Gasteiger charge is 2.02. The number of nitrogens with zero attached hydrogens (tertiary/aromatic N) is 1. The number of carbonyl (C=O) groups excluding carboxylic acids is 1. The van der Waals surface area contributed by atoms with Crippen LogP contribution in [0.4, 0.5) is 0 Å². The van der Waals surface area contributed by atoms with Gasteiger partial charge < -0.3 is 5.32 Å². The number of aromatic nitrogens is 1. The molecule has 0 spiro atoms. The SMILES string of the molecule is O=C(CCc1ccc(Cl)cc1)NCc1ccccn1. The van der Waals surface area contributed by atoms with Crippen molar-refractivity contribution in [1.29, 1.82) is 0 Å². The lowest BCUT2D eigenvalue weighted by Gasteiger charge is -2.05. The van der Waals surface area contributed by atoms with Crippen molar-refractivity contribution >= 4 is 17.5 Å². The molecule has 0 aliphatic heterocycles. The van der Waals surface area contributed by atoms with Crippen LogP contribution in [0.3, 0.4) is 0 Å². The Kier molecular flexibility index (Phi) is 4.93. The Labute approximate surface area is 117 Å². The molecular weight excluding hydrogens is 260 g/mol. The van der Waals surface area contributed by atoms with Crippen molar-refractivity contribution in [2.45, 2.75) is 19.4 Å². The van der Waals surface area contributed by atoms with E-state index in [-0.39, 0.29) is 5.91 Å². The predicted molar refractivity (Wildman–Crippen MR) is 75.9 cm³/mol. The van der Waals surface area contributed by atoms with Crippen molar-refractivity contribution in [2.24, 2.45) is 0 Å². The first-order chi connectivity index (χ1) is 9.24. The fourth-order valence-electron chi connectivity index (χ4n) is 1.69. The molecule has 0 fully saturated rings. The second-order valence-electron chi connectivity index (χ2n) is 4.22. The van der Waals surface area contributed by atoms with Crippen LogP contribution in [0.1, 0.15) is 17.7 Å². The number of amides is 1. The number of carbonyl (C=O) groups is 1. The van der Waals surface area contributed by atoms with Gasteiger partial charge in [-0.2, -0.15) is 0 Å². The largest absolute Gasteiger partial charge is 0.350 e. The Hall–Kier alpha value is -1.87. The Morgan fingerprint density at radius 3 is 2.63 bits per heavy atom. The van der Waals surface area contributed by atoms with Gasteiger partial charge in [-0.3, -0.25) is 9.78 Å². The summed E-state index contributed by atoms with van der Waals surface area (Å²) in [6.45, 7) is 0.473. The lowest BCUT2D eigenvalue weighted by Crippen LogP contribution is -2.23. The van der Waals surface area contributed by atoms with Gasteiger partial charge in [0.1, 0.15) is 0 Å². The van der Waals surface area contributed by atoms with Crippen molar-refractivity contribution in [3.63, 3.8) is 0 Å². The molecule has 19 heavy (non-hydrogen) atoms. The van der Waals surface area contributed by atoms with Crippen LogP contribution < -0.4 is 5.32 Å². The van der Waals surface area contributed by atoms with Crippen LogP contribution >= 0.6 is 11.6 Å². The first-order valence-electron chi connectivity index (χ1n) is 6.15. The van der Waals surface area contributed by atoms with Crippen LogP contribution in [-0.2, 0) is 17.8 Å². The smallest absolute Gasteiger partial charge is 0.220 e. The molecule has 1 aromatic carbocycles. The molecule has 0 saturated heterocycles. The van der Waals surface area contributed by atoms with Crippen LogP contribution in [0, 0.1) is 0 Å². The highest BCUT2D eigenvalue weighted by atomic mass is 35.5. The van der Waals surface area contributed by atoms with E-state index in [0.29, 0.717) is 24.4 Å². The van der Waals surface area contributed by atoms with E-state index >= 15 is 0 Å². The van der Waals surface area contributed by atoms with Crippen LogP contribution in [0.15, 0.2) is 48.7 Å². The molecule has 1 heterocycles. The molecule has 0 unspecified atom stereocenters. The quantitative estimate of drug-likeness (QED) is 0.911. The summed E-state index contributed by atoms with van der Waals surface area (Å²) in [7, 11) is 0. The maximum absolute atomic E-state index is 11.7. The number of hydrogen-bond donors (Lipinski definition) is 1. The summed E-state index contributed by atoms with van der Waals surface area (Å²) in [5.41, 5.74) is 1.97. The van der Waals surface area contributed by atoms with E-state index < -0.39 is 0 Å². The maximum Gasteiger partial charge on any atom is 0.220 e. The van der Waals surface area contributed by atoms with Gasteiger partial charge in [0.05, 0.1) is 12.2 Å². The highest BCUT2D eigenvalue weighted by molar-refractivity contribution is 6.30. The van der Waals surface area contributed by atoms with Crippen molar-refractivity contribution in [3.8, 4) is 0 Å². The Morgan fingerprint density at radius 1 is 1.16 bits per heavy atom. The van der Waals surface area contributed by atoms with E-state index in [4.69, 9.17) is 11.6 Å². The molecule has 4 heteroatoms. The van der Waals surface area contributed by atoms with Gasteiger partial charge in [-0.1, -0.05) is 29.8 Å². The van der Waals surface area contributed by atoms with E-state index in [1.165, 1.54) is 0 Å². The number of rotatable bonds is 5. The van der Waals surface area contributed by atoms with E-state index in [1.807, 2.05) is 42.5 Å². The van der Waals surface area contributed by atoms with E-state index in [2.05, 4.69) is 10.3 Å². The number of benzene rings is 1. The molecule has 1 aromatic heterocycles. The summed E-state index contributed by atoms with van der Waals surface area (Å²) in [6.07, 6.45) is 2.90. The van der Waals surface area contributed by atoms with Crippen molar-refractivity contribution in [1.82, 2.24) is 10.3 Å². The Bertz CT molecular complexity index is 526. The molecule has 2 aromatic rings. The van der Waals surface area contributed by atoms with E-state index in [0.717, 1.165) is 11.3 Å². The third-order valence-electron chi connectivity index (χ3n) is 2.75. The average Bonchev–Trinajstić information content (AvgIpc) is 2.45. The summed E-state index contributed by atoms with van der Waals surface area (Å²) >= 11 is 5.81. The maximum atomic E-state index is 11.7.